The van der Waals surface area contributed by atoms with Crippen molar-refractivity contribution < 1.29 is 9.18 Å². The fourth-order valence-electron chi connectivity index (χ4n) is 3.49. The van der Waals surface area contributed by atoms with Gasteiger partial charge in [-0.15, -0.1) is 11.3 Å². The summed E-state index contributed by atoms with van der Waals surface area (Å²) in [5, 5.41) is 4.24. The number of fused-ring (bicyclic) bond motifs is 3. The van der Waals surface area contributed by atoms with Crippen LogP contribution in [0.15, 0.2) is 36.7 Å². The van der Waals surface area contributed by atoms with E-state index in [1.54, 1.807) is 23.5 Å². The van der Waals surface area contributed by atoms with Gasteiger partial charge < -0.3 is 15.1 Å². The smallest absolute Gasteiger partial charge is 0.246 e. The molecule has 0 atom stereocenters. The van der Waals surface area contributed by atoms with Crippen molar-refractivity contribution in [1.29, 1.82) is 0 Å². The number of thiophene rings is 1. The number of halogens is 2. The largest absolute Gasteiger partial charge is 0.340 e. The summed E-state index contributed by atoms with van der Waals surface area (Å²) in [6.45, 7) is 4.98. The van der Waals surface area contributed by atoms with Crippen molar-refractivity contribution in [1.82, 2.24) is 19.8 Å². The van der Waals surface area contributed by atoms with E-state index in [-0.39, 0.29) is 10.9 Å². The topological polar surface area (TPSA) is 61.4 Å². The van der Waals surface area contributed by atoms with E-state index in [2.05, 4.69) is 27.1 Å². The molecule has 162 valence electrons. The molecule has 1 aliphatic heterocycles. The first-order valence-electron chi connectivity index (χ1n) is 10.1. The van der Waals surface area contributed by atoms with Crippen molar-refractivity contribution in [3.05, 3.63) is 58.0 Å². The lowest BCUT2D eigenvalue weighted by atomic mass is 10.0. The Labute approximate surface area is 189 Å². The minimum absolute atomic E-state index is 0.0259. The van der Waals surface area contributed by atoms with Gasteiger partial charge in [-0.1, -0.05) is 24.6 Å². The van der Waals surface area contributed by atoms with Gasteiger partial charge in [-0.3, -0.25) is 4.79 Å². The number of benzene rings is 1. The Hall–Kier alpha value is -2.55. The van der Waals surface area contributed by atoms with Gasteiger partial charge in [0.2, 0.25) is 5.91 Å². The fourth-order valence-corrected chi connectivity index (χ4v) is 4.87. The first-order chi connectivity index (χ1) is 15.0. The van der Waals surface area contributed by atoms with Crippen LogP contribution in [-0.4, -0.2) is 52.4 Å². The molecule has 31 heavy (non-hydrogen) atoms. The summed E-state index contributed by atoms with van der Waals surface area (Å²) in [5.41, 5.74) is 1.82. The number of hydrogen-bond acceptors (Lipinski definition) is 6. The van der Waals surface area contributed by atoms with E-state index in [9.17, 15) is 9.18 Å². The number of rotatable bonds is 6. The number of aromatic nitrogens is 2. The van der Waals surface area contributed by atoms with E-state index < -0.39 is 5.82 Å². The van der Waals surface area contributed by atoms with Crippen LogP contribution in [0.3, 0.4) is 0 Å². The van der Waals surface area contributed by atoms with Gasteiger partial charge in [0.15, 0.2) is 0 Å². The molecular formula is C22H23ClFN5OS. The zero-order valence-corrected chi connectivity index (χ0v) is 18.9. The molecule has 0 unspecified atom stereocenters. The van der Waals surface area contributed by atoms with E-state index in [1.165, 1.54) is 18.5 Å². The maximum absolute atomic E-state index is 13.5. The SMILES string of the molecule is CCN(C)C/C=C/C(=O)N1CCc2c(sc3ncnc(Nc4ccc(F)c(Cl)c4)c23)C1. The number of likely N-dealkylation sites (N-methyl/N-ethyl adjacent to an activating group) is 1. The third-order valence-electron chi connectivity index (χ3n) is 5.35. The highest BCUT2D eigenvalue weighted by Crippen LogP contribution is 2.38. The van der Waals surface area contributed by atoms with Crippen molar-refractivity contribution in [2.75, 3.05) is 32.0 Å². The number of amides is 1. The first kappa shape index (κ1) is 21.7. The molecule has 0 radical (unpaired) electrons. The van der Waals surface area contributed by atoms with Crippen LogP contribution in [0.25, 0.3) is 10.2 Å². The van der Waals surface area contributed by atoms with Crippen LogP contribution >= 0.6 is 22.9 Å². The van der Waals surface area contributed by atoms with Gasteiger partial charge in [0, 0.05) is 29.7 Å². The molecule has 1 aromatic carbocycles. The van der Waals surface area contributed by atoms with Crippen molar-refractivity contribution in [2.24, 2.45) is 0 Å². The number of nitrogens with zero attached hydrogens (tertiary/aromatic N) is 4. The zero-order valence-electron chi connectivity index (χ0n) is 17.4. The molecule has 0 spiro atoms. The van der Waals surface area contributed by atoms with E-state index in [0.717, 1.165) is 40.2 Å². The Kier molecular flexibility index (Phi) is 6.50. The van der Waals surface area contributed by atoms with E-state index >= 15 is 0 Å². The molecular weight excluding hydrogens is 437 g/mol. The number of hydrogen-bond donors (Lipinski definition) is 1. The van der Waals surface area contributed by atoms with Crippen molar-refractivity contribution in [2.45, 2.75) is 19.9 Å². The van der Waals surface area contributed by atoms with Crippen LogP contribution < -0.4 is 5.32 Å². The average Bonchev–Trinajstić information content (AvgIpc) is 3.14. The third-order valence-corrected chi connectivity index (χ3v) is 6.76. The van der Waals surface area contributed by atoms with Crippen LogP contribution in [-0.2, 0) is 17.8 Å². The Balaban J connectivity index is 1.56. The van der Waals surface area contributed by atoms with Crippen LogP contribution in [0.2, 0.25) is 5.02 Å². The lowest BCUT2D eigenvalue weighted by Crippen LogP contribution is -2.34. The van der Waals surface area contributed by atoms with Gasteiger partial charge in [0.1, 0.15) is 22.8 Å². The maximum atomic E-state index is 13.5. The fraction of sp³-hybridized carbons (Fsp3) is 0.318. The molecule has 3 heterocycles. The quantitative estimate of drug-likeness (QED) is 0.545. The summed E-state index contributed by atoms with van der Waals surface area (Å²) >= 11 is 7.49. The van der Waals surface area contributed by atoms with Gasteiger partial charge in [0.05, 0.1) is 17.0 Å². The highest BCUT2D eigenvalue weighted by molar-refractivity contribution is 7.19. The predicted molar refractivity (Wildman–Crippen MR) is 124 cm³/mol. The van der Waals surface area contributed by atoms with Crippen LogP contribution in [0.5, 0.6) is 0 Å². The number of anilines is 2. The number of nitrogens with one attached hydrogen (secondary N) is 1. The predicted octanol–water partition coefficient (Wildman–Crippen LogP) is 4.62. The number of carbonyl (C=O) groups is 1. The first-order valence-corrected chi connectivity index (χ1v) is 11.3. The van der Waals surface area contributed by atoms with Gasteiger partial charge >= 0.3 is 0 Å². The molecule has 9 heteroatoms. The standard InChI is InChI=1S/C22H23ClFN5OS/c1-3-28(2)9-4-5-19(30)29-10-8-15-18(12-29)31-22-20(15)21(25-13-26-22)27-14-6-7-17(24)16(23)11-14/h4-7,11,13H,3,8-10,12H2,1-2H3,(H,25,26,27)/b5-4+. The molecule has 4 rings (SSSR count). The highest BCUT2D eigenvalue weighted by Gasteiger charge is 2.25. The van der Waals surface area contributed by atoms with Crippen molar-refractivity contribution in [3.63, 3.8) is 0 Å². The minimum atomic E-state index is -0.465. The van der Waals surface area contributed by atoms with Crippen LogP contribution in [0.1, 0.15) is 17.4 Å². The summed E-state index contributed by atoms with van der Waals surface area (Å²) in [6, 6.07) is 4.48. The average molecular weight is 460 g/mol. The summed E-state index contributed by atoms with van der Waals surface area (Å²) < 4.78 is 13.5. The molecule has 1 aliphatic rings. The Morgan fingerprint density at radius 1 is 1.42 bits per heavy atom. The number of carbonyl (C=O) groups excluding carboxylic acids is 1. The normalized spacial score (nSPS) is 13.9. The summed E-state index contributed by atoms with van der Waals surface area (Å²) in [5.74, 6) is 0.221. The van der Waals surface area contributed by atoms with Crippen LogP contribution in [0, 0.1) is 5.82 Å². The Morgan fingerprint density at radius 3 is 3.03 bits per heavy atom. The van der Waals surface area contributed by atoms with E-state index in [4.69, 9.17) is 11.6 Å². The maximum Gasteiger partial charge on any atom is 0.246 e. The molecule has 3 aromatic rings. The van der Waals surface area contributed by atoms with Crippen molar-refractivity contribution in [3.8, 4) is 0 Å². The lowest BCUT2D eigenvalue weighted by molar-refractivity contribution is -0.126. The van der Waals surface area contributed by atoms with Gasteiger partial charge in [-0.05, 0) is 43.8 Å². The molecule has 0 aliphatic carbocycles. The molecule has 1 N–H and O–H groups in total. The van der Waals surface area contributed by atoms with E-state index in [1.807, 2.05) is 18.0 Å². The zero-order chi connectivity index (χ0) is 22.0. The summed E-state index contributed by atoms with van der Waals surface area (Å²) in [6.07, 6.45) is 5.81. The second kappa shape index (κ2) is 9.30. The third kappa shape index (κ3) is 4.71. The minimum Gasteiger partial charge on any atom is -0.340 e. The van der Waals surface area contributed by atoms with E-state index in [0.29, 0.717) is 24.6 Å². The molecule has 0 fully saturated rings. The molecule has 0 bridgehead atoms. The molecule has 0 saturated heterocycles. The Morgan fingerprint density at radius 2 is 2.26 bits per heavy atom. The monoisotopic (exact) mass is 459 g/mol. The van der Waals surface area contributed by atoms with Crippen LogP contribution in [0.4, 0.5) is 15.9 Å². The summed E-state index contributed by atoms with van der Waals surface area (Å²) in [7, 11) is 2.02. The molecule has 0 saturated carbocycles. The molecule has 6 nitrogen and oxygen atoms in total. The Bertz CT molecular complexity index is 1150. The summed E-state index contributed by atoms with van der Waals surface area (Å²) in [4.78, 5) is 27.4. The van der Waals surface area contributed by atoms with Gasteiger partial charge in [-0.25, -0.2) is 14.4 Å². The lowest BCUT2D eigenvalue weighted by Gasteiger charge is -2.26. The van der Waals surface area contributed by atoms with Gasteiger partial charge in [-0.2, -0.15) is 0 Å². The van der Waals surface area contributed by atoms with Crippen molar-refractivity contribution >= 4 is 50.6 Å². The molecule has 1 amide bonds. The van der Waals surface area contributed by atoms with Gasteiger partial charge in [0.25, 0.3) is 0 Å². The molecule has 2 aromatic heterocycles. The second-order valence-corrected chi connectivity index (χ2v) is 8.92. The second-order valence-electron chi connectivity index (χ2n) is 7.43. The highest BCUT2D eigenvalue weighted by atomic mass is 35.5.